The van der Waals surface area contributed by atoms with Gasteiger partial charge in [-0.3, -0.25) is 0 Å². The lowest BCUT2D eigenvalue weighted by molar-refractivity contribution is 0.350. The van der Waals surface area contributed by atoms with Crippen LogP contribution in [0.4, 0.5) is 4.39 Å². The zero-order valence-electron chi connectivity index (χ0n) is 10.5. The largest absolute Gasteiger partial charge is 0.457 e. The van der Waals surface area contributed by atoms with Crippen LogP contribution in [-0.4, -0.2) is 11.7 Å². The summed E-state index contributed by atoms with van der Waals surface area (Å²) in [4.78, 5) is 0. The third-order valence-electron chi connectivity index (χ3n) is 2.51. The Morgan fingerprint density at radius 2 is 1.95 bits per heavy atom. The highest BCUT2D eigenvalue weighted by Crippen LogP contribution is 2.23. The summed E-state index contributed by atoms with van der Waals surface area (Å²) < 4.78 is 18.8. The molecule has 2 nitrogen and oxygen atoms in total. The number of halogens is 1. The summed E-state index contributed by atoms with van der Waals surface area (Å²) in [5, 5.41) is 8.65. The molecule has 3 heteroatoms. The molecule has 0 fully saturated rings. The maximum Gasteiger partial charge on any atom is 0.128 e. The van der Waals surface area contributed by atoms with Crippen LogP contribution in [0.1, 0.15) is 11.1 Å². The van der Waals surface area contributed by atoms with E-state index in [4.69, 9.17) is 9.84 Å². The molecule has 2 rings (SSSR count). The van der Waals surface area contributed by atoms with E-state index in [1.165, 1.54) is 6.07 Å². The van der Waals surface area contributed by atoms with Crippen LogP contribution in [0.25, 0.3) is 0 Å². The topological polar surface area (TPSA) is 29.5 Å². The second kappa shape index (κ2) is 6.03. The van der Waals surface area contributed by atoms with Gasteiger partial charge in [-0.15, -0.1) is 0 Å². The molecule has 0 aliphatic carbocycles. The first kappa shape index (κ1) is 13.1. The van der Waals surface area contributed by atoms with Gasteiger partial charge in [-0.25, -0.2) is 4.39 Å². The molecule has 2 aromatic rings. The average molecular weight is 256 g/mol. The molecular weight excluding hydrogens is 243 g/mol. The number of aliphatic hydroxyl groups excluding tert-OH is 1. The fourth-order valence-electron chi connectivity index (χ4n) is 1.60. The minimum Gasteiger partial charge on any atom is -0.457 e. The van der Waals surface area contributed by atoms with Gasteiger partial charge < -0.3 is 9.84 Å². The van der Waals surface area contributed by atoms with Crippen molar-refractivity contribution in [2.24, 2.45) is 0 Å². The summed E-state index contributed by atoms with van der Waals surface area (Å²) in [6, 6.07) is 11.8. The van der Waals surface area contributed by atoms with Crippen molar-refractivity contribution < 1.29 is 14.2 Å². The van der Waals surface area contributed by atoms with E-state index in [9.17, 15) is 4.39 Å². The highest BCUT2D eigenvalue weighted by Gasteiger charge is 2.01. The van der Waals surface area contributed by atoms with E-state index < -0.39 is 0 Å². The molecule has 2 aromatic carbocycles. The third-order valence-corrected chi connectivity index (χ3v) is 2.51. The first-order chi connectivity index (χ1) is 9.19. The number of ether oxygens (including phenoxy) is 1. The van der Waals surface area contributed by atoms with Gasteiger partial charge in [0.2, 0.25) is 0 Å². The molecule has 0 aliphatic rings. The third kappa shape index (κ3) is 3.57. The number of hydrogen-bond acceptors (Lipinski definition) is 2. The van der Waals surface area contributed by atoms with E-state index in [1.807, 2.05) is 12.1 Å². The van der Waals surface area contributed by atoms with Gasteiger partial charge in [0.1, 0.15) is 23.9 Å². The second-order valence-corrected chi connectivity index (χ2v) is 4.00. The Balaban J connectivity index is 2.20. The van der Waals surface area contributed by atoms with Crippen LogP contribution in [0.3, 0.4) is 0 Å². The smallest absolute Gasteiger partial charge is 0.128 e. The molecule has 0 saturated heterocycles. The highest BCUT2D eigenvalue weighted by molar-refractivity contribution is 5.42. The van der Waals surface area contributed by atoms with E-state index in [-0.39, 0.29) is 12.4 Å². The molecule has 0 unspecified atom stereocenters. The number of aryl methyl sites for hydroxylation is 1. The Morgan fingerprint density at radius 1 is 1.16 bits per heavy atom. The number of hydrogen-bond donors (Lipinski definition) is 1. The predicted molar refractivity (Wildman–Crippen MR) is 71.6 cm³/mol. The molecule has 0 bridgehead atoms. The summed E-state index contributed by atoms with van der Waals surface area (Å²) >= 11 is 0. The van der Waals surface area contributed by atoms with Gasteiger partial charge in [-0.2, -0.15) is 0 Å². The molecule has 0 aliphatic heterocycles. The van der Waals surface area contributed by atoms with Crippen molar-refractivity contribution in [2.45, 2.75) is 6.92 Å². The van der Waals surface area contributed by atoms with Crippen LogP contribution >= 0.6 is 0 Å². The van der Waals surface area contributed by atoms with Crippen LogP contribution in [0, 0.1) is 24.6 Å². The molecule has 0 atom stereocenters. The van der Waals surface area contributed by atoms with Crippen molar-refractivity contribution in [1.29, 1.82) is 0 Å². The van der Waals surface area contributed by atoms with E-state index in [2.05, 4.69) is 11.8 Å². The quantitative estimate of drug-likeness (QED) is 0.836. The maximum atomic E-state index is 13.1. The van der Waals surface area contributed by atoms with Gasteiger partial charge in [0.15, 0.2) is 0 Å². The predicted octanol–water partition coefficient (Wildman–Crippen LogP) is 3.27. The van der Waals surface area contributed by atoms with Gasteiger partial charge in [0.25, 0.3) is 0 Å². The van der Waals surface area contributed by atoms with Gasteiger partial charge in [-0.1, -0.05) is 17.9 Å². The minimum atomic E-state index is -0.255. The summed E-state index contributed by atoms with van der Waals surface area (Å²) in [5.74, 6) is 6.32. The Morgan fingerprint density at radius 3 is 2.68 bits per heavy atom. The average Bonchev–Trinajstić information content (AvgIpc) is 2.41. The zero-order chi connectivity index (χ0) is 13.7. The molecule has 0 aromatic heterocycles. The van der Waals surface area contributed by atoms with Crippen molar-refractivity contribution in [1.82, 2.24) is 0 Å². The minimum absolute atomic E-state index is 0.178. The number of aliphatic hydroxyl groups is 1. The first-order valence-electron chi connectivity index (χ1n) is 5.83. The molecule has 96 valence electrons. The first-order valence-corrected chi connectivity index (χ1v) is 5.83. The Hall–Kier alpha value is -2.31. The van der Waals surface area contributed by atoms with Crippen LogP contribution < -0.4 is 4.74 Å². The van der Waals surface area contributed by atoms with Gasteiger partial charge in [0, 0.05) is 5.56 Å². The molecule has 0 heterocycles. The van der Waals surface area contributed by atoms with Gasteiger partial charge >= 0.3 is 0 Å². The SMILES string of the molecule is Cc1cc(Oc2cccc(C#CCO)c2)ccc1F. The van der Waals surface area contributed by atoms with Crippen molar-refractivity contribution in [2.75, 3.05) is 6.61 Å². The van der Waals surface area contributed by atoms with Crippen LogP contribution in [0.5, 0.6) is 11.5 Å². The van der Waals surface area contributed by atoms with E-state index in [0.29, 0.717) is 17.1 Å². The highest BCUT2D eigenvalue weighted by atomic mass is 19.1. The molecule has 19 heavy (non-hydrogen) atoms. The van der Waals surface area contributed by atoms with Crippen LogP contribution in [0.2, 0.25) is 0 Å². The van der Waals surface area contributed by atoms with Crippen molar-refractivity contribution in [3.8, 4) is 23.3 Å². The monoisotopic (exact) mass is 256 g/mol. The number of rotatable bonds is 2. The normalized spacial score (nSPS) is 9.63. The van der Waals surface area contributed by atoms with Crippen LogP contribution in [0.15, 0.2) is 42.5 Å². The molecule has 0 spiro atoms. The molecular formula is C16H13FO2. The summed E-state index contributed by atoms with van der Waals surface area (Å²) in [6.07, 6.45) is 0. The fraction of sp³-hybridized carbons (Fsp3) is 0.125. The van der Waals surface area contributed by atoms with E-state index in [0.717, 1.165) is 5.56 Å². The molecule has 0 amide bonds. The van der Waals surface area contributed by atoms with Crippen molar-refractivity contribution in [3.63, 3.8) is 0 Å². The van der Waals surface area contributed by atoms with Gasteiger partial charge in [0.05, 0.1) is 0 Å². The van der Waals surface area contributed by atoms with Crippen molar-refractivity contribution in [3.05, 3.63) is 59.4 Å². The number of benzene rings is 2. The Labute approximate surface area is 111 Å². The van der Waals surface area contributed by atoms with E-state index in [1.54, 1.807) is 31.2 Å². The van der Waals surface area contributed by atoms with Crippen molar-refractivity contribution >= 4 is 0 Å². The second-order valence-electron chi connectivity index (χ2n) is 4.00. The Bertz CT molecular complexity index is 639. The lowest BCUT2D eigenvalue weighted by Gasteiger charge is -2.07. The lowest BCUT2D eigenvalue weighted by Crippen LogP contribution is -1.88. The summed E-state index contributed by atoms with van der Waals surface area (Å²) in [5.41, 5.74) is 1.29. The van der Waals surface area contributed by atoms with E-state index >= 15 is 0 Å². The standard InChI is InChI=1S/C16H13FO2/c1-12-10-15(7-8-16(12)17)19-14-6-2-4-13(11-14)5-3-9-18/h2,4,6-8,10-11,18H,9H2,1H3. The fourth-order valence-corrected chi connectivity index (χ4v) is 1.60. The Kier molecular flexibility index (Phi) is 4.17. The summed E-state index contributed by atoms with van der Waals surface area (Å²) in [7, 11) is 0. The zero-order valence-corrected chi connectivity index (χ0v) is 10.5. The molecule has 1 N–H and O–H groups in total. The maximum absolute atomic E-state index is 13.1. The summed E-state index contributed by atoms with van der Waals surface area (Å²) in [6.45, 7) is 1.51. The van der Waals surface area contributed by atoms with Crippen LogP contribution in [-0.2, 0) is 0 Å². The lowest BCUT2D eigenvalue weighted by atomic mass is 10.2. The molecule has 0 saturated carbocycles. The molecule has 0 radical (unpaired) electrons. The van der Waals surface area contributed by atoms with Gasteiger partial charge in [-0.05, 0) is 48.9 Å².